The molecule has 0 saturated carbocycles. The SMILES string of the molecule is C=C.C=C.Cc1ccccc1.[Fe]. The Morgan fingerprint density at radius 3 is 1.33 bits per heavy atom. The van der Waals surface area contributed by atoms with Crippen LogP contribution in [0.5, 0.6) is 0 Å². The van der Waals surface area contributed by atoms with E-state index in [1.165, 1.54) is 5.56 Å². The molecule has 0 aliphatic carbocycles. The van der Waals surface area contributed by atoms with E-state index in [2.05, 4.69) is 45.4 Å². The molecule has 0 aromatic heterocycles. The molecule has 0 amide bonds. The van der Waals surface area contributed by atoms with E-state index in [0.717, 1.165) is 0 Å². The maximum atomic E-state index is 3.00. The van der Waals surface area contributed by atoms with Gasteiger partial charge in [-0.2, -0.15) is 0 Å². The third kappa shape index (κ3) is 12.0. The third-order valence-corrected chi connectivity index (χ3v) is 0.940. The van der Waals surface area contributed by atoms with Gasteiger partial charge in [0.05, 0.1) is 0 Å². The van der Waals surface area contributed by atoms with Gasteiger partial charge in [0.1, 0.15) is 0 Å². The van der Waals surface area contributed by atoms with E-state index in [4.69, 9.17) is 0 Å². The molecule has 0 radical (unpaired) electrons. The van der Waals surface area contributed by atoms with Crippen LogP contribution in [0.3, 0.4) is 0 Å². The van der Waals surface area contributed by atoms with Gasteiger partial charge in [-0.3, -0.25) is 0 Å². The monoisotopic (exact) mass is 204 g/mol. The number of hydrogen-bond donors (Lipinski definition) is 0. The van der Waals surface area contributed by atoms with Crippen LogP contribution in [-0.4, -0.2) is 0 Å². The summed E-state index contributed by atoms with van der Waals surface area (Å²) in [5.74, 6) is 0. The van der Waals surface area contributed by atoms with Crippen LogP contribution in [0.4, 0.5) is 0 Å². The van der Waals surface area contributed by atoms with Crippen molar-refractivity contribution in [2.75, 3.05) is 0 Å². The molecule has 0 saturated heterocycles. The van der Waals surface area contributed by atoms with Crippen LogP contribution < -0.4 is 0 Å². The minimum absolute atomic E-state index is 0. The summed E-state index contributed by atoms with van der Waals surface area (Å²) in [5, 5.41) is 0. The summed E-state index contributed by atoms with van der Waals surface area (Å²) in [5.41, 5.74) is 1.32. The molecule has 0 N–H and O–H groups in total. The Morgan fingerprint density at radius 2 is 1.17 bits per heavy atom. The molecule has 0 bridgehead atoms. The fraction of sp³-hybridized carbons (Fsp3) is 0.0909. The average molecular weight is 204 g/mol. The predicted octanol–water partition coefficient (Wildman–Crippen LogP) is 3.60. The molecular weight excluding hydrogens is 188 g/mol. The average Bonchev–Trinajstić information content (AvgIpc) is 2.13. The summed E-state index contributed by atoms with van der Waals surface area (Å²) in [6, 6.07) is 10.3. The molecule has 12 heavy (non-hydrogen) atoms. The van der Waals surface area contributed by atoms with Gasteiger partial charge in [0.25, 0.3) is 0 Å². The van der Waals surface area contributed by atoms with Crippen molar-refractivity contribution < 1.29 is 17.1 Å². The second kappa shape index (κ2) is 16.7. The first kappa shape index (κ1) is 17.3. The van der Waals surface area contributed by atoms with Crippen molar-refractivity contribution in [2.45, 2.75) is 6.92 Å². The first-order valence-electron chi connectivity index (χ1n) is 3.41. The Morgan fingerprint density at radius 1 is 0.833 bits per heavy atom. The standard InChI is InChI=1S/C7H8.2C2H4.Fe/c1-7-5-3-2-4-6-7;2*1-2;/h2-6H,1H3;2*1-2H2;. The van der Waals surface area contributed by atoms with E-state index in [1.807, 2.05) is 18.2 Å². The van der Waals surface area contributed by atoms with Crippen molar-refractivity contribution in [1.29, 1.82) is 0 Å². The second-order valence-corrected chi connectivity index (χ2v) is 1.65. The number of benzene rings is 1. The molecule has 0 atom stereocenters. The minimum atomic E-state index is 0. The molecule has 1 aromatic carbocycles. The molecule has 1 heteroatoms. The van der Waals surface area contributed by atoms with Gasteiger partial charge in [0, 0.05) is 17.1 Å². The minimum Gasteiger partial charge on any atom is -0.106 e. The van der Waals surface area contributed by atoms with E-state index < -0.39 is 0 Å². The summed E-state index contributed by atoms with van der Waals surface area (Å²) < 4.78 is 0. The van der Waals surface area contributed by atoms with Gasteiger partial charge in [-0.15, -0.1) is 26.3 Å². The van der Waals surface area contributed by atoms with E-state index >= 15 is 0 Å². The number of rotatable bonds is 0. The summed E-state index contributed by atoms with van der Waals surface area (Å²) in [6.45, 7) is 14.1. The van der Waals surface area contributed by atoms with Gasteiger partial charge in [0.15, 0.2) is 0 Å². The topological polar surface area (TPSA) is 0 Å². The van der Waals surface area contributed by atoms with Gasteiger partial charge in [0.2, 0.25) is 0 Å². The van der Waals surface area contributed by atoms with Crippen molar-refractivity contribution in [3.8, 4) is 0 Å². The van der Waals surface area contributed by atoms with Crippen LogP contribution in [0.15, 0.2) is 56.6 Å². The van der Waals surface area contributed by atoms with E-state index in [-0.39, 0.29) is 17.1 Å². The van der Waals surface area contributed by atoms with Crippen LogP contribution in [-0.2, 0) is 17.1 Å². The smallest absolute Gasteiger partial charge is 0 e. The second-order valence-electron chi connectivity index (χ2n) is 1.65. The van der Waals surface area contributed by atoms with Crippen LogP contribution >= 0.6 is 0 Å². The molecule has 0 fully saturated rings. The van der Waals surface area contributed by atoms with Crippen molar-refractivity contribution in [3.63, 3.8) is 0 Å². The molecule has 0 aliphatic heterocycles. The Kier molecular flexibility index (Phi) is 24.1. The van der Waals surface area contributed by atoms with Crippen molar-refractivity contribution in [2.24, 2.45) is 0 Å². The molecular formula is C11H16Fe. The third-order valence-electron chi connectivity index (χ3n) is 0.940. The van der Waals surface area contributed by atoms with Crippen LogP contribution in [0, 0.1) is 6.92 Å². The van der Waals surface area contributed by atoms with Gasteiger partial charge in [-0.05, 0) is 6.92 Å². The van der Waals surface area contributed by atoms with Gasteiger partial charge in [-0.25, -0.2) is 0 Å². The fourth-order valence-electron chi connectivity index (χ4n) is 0.534. The summed E-state index contributed by atoms with van der Waals surface area (Å²) in [6.07, 6.45) is 0. The van der Waals surface area contributed by atoms with E-state index in [9.17, 15) is 0 Å². The summed E-state index contributed by atoms with van der Waals surface area (Å²) in [4.78, 5) is 0. The van der Waals surface area contributed by atoms with Gasteiger partial charge < -0.3 is 0 Å². The first-order chi connectivity index (χ1) is 5.39. The van der Waals surface area contributed by atoms with E-state index in [1.54, 1.807) is 0 Å². The van der Waals surface area contributed by atoms with Crippen LogP contribution in [0.25, 0.3) is 0 Å². The van der Waals surface area contributed by atoms with Crippen molar-refractivity contribution >= 4 is 0 Å². The number of hydrogen-bond acceptors (Lipinski definition) is 0. The molecule has 1 rings (SSSR count). The Labute approximate surface area is 86.5 Å². The molecule has 68 valence electrons. The maximum Gasteiger partial charge on any atom is 0 e. The Balaban J connectivity index is -0.000000144. The normalized spacial score (nSPS) is 5.75. The quantitative estimate of drug-likeness (QED) is 0.447. The summed E-state index contributed by atoms with van der Waals surface area (Å²) >= 11 is 0. The molecule has 0 aliphatic rings. The molecule has 0 unspecified atom stereocenters. The predicted molar refractivity (Wildman–Crippen MR) is 53.7 cm³/mol. The van der Waals surface area contributed by atoms with Crippen molar-refractivity contribution in [1.82, 2.24) is 0 Å². The molecule has 0 nitrogen and oxygen atoms in total. The van der Waals surface area contributed by atoms with E-state index in [0.29, 0.717) is 0 Å². The Bertz CT molecular complexity index is 156. The van der Waals surface area contributed by atoms with Crippen LogP contribution in [0.1, 0.15) is 5.56 Å². The number of aryl methyl sites for hydroxylation is 1. The Hall–Kier alpha value is -0.781. The molecule has 0 spiro atoms. The zero-order chi connectivity index (χ0) is 9.11. The fourth-order valence-corrected chi connectivity index (χ4v) is 0.534. The van der Waals surface area contributed by atoms with Gasteiger partial charge in [-0.1, -0.05) is 35.9 Å². The van der Waals surface area contributed by atoms with Gasteiger partial charge >= 0.3 is 0 Å². The maximum absolute atomic E-state index is 3.00. The van der Waals surface area contributed by atoms with Crippen molar-refractivity contribution in [3.05, 3.63) is 62.2 Å². The first-order valence-corrected chi connectivity index (χ1v) is 3.41. The largest absolute Gasteiger partial charge is 0.106 e. The zero-order valence-electron chi connectivity index (χ0n) is 7.57. The molecule has 0 heterocycles. The zero-order valence-corrected chi connectivity index (χ0v) is 8.67. The molecule has 1 aromatic rings. The summed E-state index contributed by atoms with van der Waals surface area (Å²) in [7, 11) is 0. The van der Waals surface area contributed by atoms with Crippen LogP contribution in [0.2, 0.25) is 0 Å².